The van der Waals surface area contributed by atoms with Crippen molar-refractivity contribution >= 4 is 0 Å². The van der Waals surface area contributed by atoms with Crippen LogP contribution in [0.25, 0.3) is 0 Å². The maximum atomic E-state index is 3.26. The Labute approximate surface area is 147 Å². The summed E-state index contributed by atoms with van der Waals surface area (Å²) < 4.78 is 0. The zero-order valence-electron chi connectivity index (χ0n) is 16.0. The largest absolute Gasteiger partial charge is 0.101 e. The predicted octanol–water partition coefficient (Wildman–Crippen LogP) is 5.36. The van der Waals surface area contributed by atoms with Crippen LogP contribution in [0.2, 0.25) is 0 Å². The van der Waals surface area contributed by atoms with E-state index in [9.17, 15) is 0 Å². The molecule has 120 valence electrons. The molecule has 0 atom stereocenters. The average molecular weight is 312 g/mol. The Morgan fingerprint density at radius 3 is 0.667 bits per heavy atom. The van der Waals surface area contributed by atoms with Gasteiger partial charge in [-0.15, -0.1) is 23.7 Å². The topological polar surface area (TPSA) is 0 Å². The second-order valence-electron chi connectivity index (χ2n) is 5.50. The minimum atomic E-state index is 0.986. The lowest BCUT2D eigenvalue weighted by Crippen LogP contribution is -2.05. The predicted molar refractivity (Wildman–Crippen MR) is 105 cm³/mol. The van der Waals surface area contributed by atoms with Crippen LogP contribution in [0.5, 0.6) is 0 Å². The summed E-state index contributed by atoms with van der Waals surface area (Å²) in [6.07, 6.45) is 0. The molecule has 0 amide bonds. The number of hydrogen-bond acceptors (Lipinski definition) is 0. The molecule has 24 heavy (non-hydrogen) atoms. The molecular weight excluding hydrogens is 288 g/mol. The van der Waals surface area contributed by atoms with Gasteiger partial charge in [0, 0.05) is 22.3 Å². The molecule has 0 spiro atoms. The van der Waals surface area contributed by atoms with Crippen molar-refractivity contribution in [1.82, 2.24) is 0 Å². The van der Waals surface area contributed by atoms with E-state index in [4.69, 9.17) is 0 Å². The Morgan fingerprint density at radius 1 is 0.375 bits per heavy atom. The summed E-state index contributed by atoms with van der Waals surface area (Å²) in [4.78, 5) is 0. The molecule has 0 heteroatoms. The third-order valence-electron chi connectivity index (χ3n) is 4.12. The molecular formula is C24H24. The van der Waals surface area contributed by atoms with Gasteiger partial charge >= 0.3 is 0 Å². The summed E-state index contributed by atoms with van der Waals surface area (Å²) in [7, 11) is 0. The maximum absolute atomic E-state index is 3.26. The van der Waals surface area contributed by atoms with Crippen LogP contribution in [0.1, 0.15) is 55.4 Å². The van der Waals surface area contributed by atoms with Crippen LogP contribution in [-0.2, 0) is 0 Å². The first-order chi connectivity index (χ1) is 11.4. The van der Waals surface area contributed by atoms with Crippen LogP contribution in [0, 0.1) is 47.4 Å². The smallest absolute Gasteiger partial charge is 0.0436 e. The van der Waals surface area contributed by atoms with Gasteiger partial charge in [-0.1, -0.05) is 23.7 Å². The fourth-order valence-corrected chi connectivity index (χ4v) is 2.62. The Hall–Kier alpha value is -2.80. The first kappa shape index (κ1) is 19.2. The molecule has 0 fully saturated rings. The van der Waals surface area contributed by atoms with Crippen molar-refractivity contribution < 1.29 is 0 Å². The Kier molecular flexibility index (Phi) is 7.00. The van der Waals surface area contributed by atoms with E-state index >= 15 is 0 Å². The molecule has 0 aromatic carbocycles. The highest BCUT2D eigenvalue weighted by atomic mass is 14.2. The van der Waals surface area contributed by atoms with Crippen molar-refractivity contribution in [1.29, 1.82) is 0 Å². The fourth-order valence-electron chi connectivity index (χ4n) is 2.62. The van der Waals surface area contributed by atoms with E-state index in [2.05, 4.69) is 75.1 Å². The molecule has 1 rings (SSSR count). The average Bonchev–Trinajstić information content (AvgIpc) is 2.58. The van der Waals surface area contributed by atoms with Gasteiger partial charge in [-0.25, -0.2) is 0 Å². The van der Waals surface area contributed by atoms with E-state index in [0.717, 1.165) is 44.6 Å². The van der Waals surface area contributed by atoms with Crippen LogP contribution < -0.4 is 0 Å². The van der Waals surface area contributed by atoms with Gasteiger partial charge in [0.1, 0.15) is 0 Å². The van der Waals surface area contributed by atoms with Gasteiger partial charge in [-0.05, 0) is 77.7 Å². The van der Waals surface area contributed by atoms with Gasteiger partial charge in [-0.3, -0.25) is 0 Å². The summed E-state index contributed by atoms with van der Waals surface area (Å²) in [5.41, 5.74) is 8.40. The van der Waals surface area contributed by atoms with E-state index < -0.39 is 0 Å². The van der Waals surface area contributed by atoms with E-state index in [0.29, 0.717) is 0 Å². The lowest BCUT2D eigenvalue weighted by molar-refractivity contribution is 1.21. The molecule has 0 N–H and O–H groups in total. The van der Waals surface area contributed by atoms with Crippen molar-refractivity contribution in [2.45, 2.75) is 55.4 Å². The molecule has 0 saturated heterocycles. The van der Waals surface area contributed by atoms with Gasteiger partial charge in [0.2, 0.25) is 0 Å². The first-order valence-corrected chi connectivity index (χ1v) is 8.00. The number of allylic oxidation sites excluding steroid dienone is 8. The zero-order chi connectivity index (χ0) is 18.3. The third kappa shape index (κ3) is 3.75. The lowest BCUT2D eigenvalue weighted by atomic mass is 9.83. The maximum Gasteiger partial charge on any atom is 0.0436 e. The minimum absolute atomic E-state index is 0.986. The molecule has 0 aliphatic heterocycles. The zero-order valence-corrected chi connectivity index (χ0v) is 16.0. The molecule has 0 aromatic rings. The molecule has 0 saturated carbocycles. The van der Waals surface area contributed by atoms with Crippen molar-refractivity contribution in [2.24, 2.45) is 0 Å². The van der Waals surface area contributed by atoms with Crippen LogP contribution in [0.4, 0.5) is 0 Å². The van der Waals surface area contributed by atoms with Gasteiger partial charge < -0.3 is 0 Å². The van der Waals surface area contributed by atoms with E-state index in [1.165, 1.54) is 0 Å². The third-order valence-corrected chi connectivity index (χ3v) is 4.12. The van der Waals surface area contributed by atoms with Crippen LogP contribution >= 0.6 is 0 Å². The van der Waals surface area contributed by atoms with Gasteiger partial charge in [0.25, 0.3) is 0 Å². The molecule has 0 heterocycles. The first-order valence-electron chi connectivity index (χ1n) is 8.00. The number of hydrogen-bond donors (Lipinski definition) is 0. The van der Waals surface area contributed by atoms with Gasteiger partial charge in [0.05, 0.1) is 0 Å². The van der Waals surface area contributed by atoms with Crippen molar-refractivity contribution in [3.8, 4) is 47.4 Å². The molecule has 0 nitrogen and oxygen atoms in total. The SMILES string of the molecule is CC#CC1=C(C#CC)/C(C)=C(C)\C(C#CC)=C(C#CC)/C(C)=C\1C. The van der Waals surface area contributed by atoms with Gasteiger partial charge in [-0.2, -0.15) is 0 Å². The highest BCUT2D eigenvalue weighted by Crippen LogP contribution is 2.34. The number of rotatable bonds is 0. The van der Waals surface area contributed by atoms with E-state index in [1.807, 2.05) is 27.7 Å². The second kappa shape index (κ2) is 8.73. The Bertz CT molecular complexity index is 766. The normalized spacial score (nSPS) is 26.3. The summed E-state index contributed by atoms with van der Waals surface area (Å²) in [6.45, 7) is 15.8. The lowest BCUT2D eigenvalue weighted by Gasteiger charge is -2.19. The highest BCUT2D eigenvalue weighted by Gasteiger charge is 2.20. The van der Waals surface area contributed by atoms with Crippen LogP contribution in [0.15, 0.2) is 44.6 Å². The monoisotopic (exact) mass is 312 g/mol. The fraction of sp³-hybridized carbons (Fsp3) is 0.333. The molecule has 0 bridgehead atoms. The quantitative estimate of drug-likeness (QED) is 0.528. The summed E-state index contributed by atoms with van der Waals surface area (Å²) in [5, 5.41) is 0. The van der Waals surface area contributed by atoms with Crippen LogP contribution in [0.3, 0.4) is 0 Å². The highest BCUT2D eigenvalue weighted by molar-refractivity contribution is 5.72. The molecule has 0 aromatic heterocycles. The molecule has 0 unspecified atom stereocenters. The van der Waals surface area contributed by atoms with Gasteiger partial charge in [0.15, 0.2) is 0 Å². The Balaban J connectivity index is 4.16. The summed E-state index contributed by atoms with van der Waals surface area (Å²) in [5.74, 6) is 25.1. The Morgan fingerprint density at radius 2 is 0.542 bits per heavy atom. The van der Waals surface area contributed by atoms with Crippen molar-refractivity contribution in [3.05, 3.63) is 44.6 Å². The van der Waals surface area contributed by atoms with Crippen LogP contribution in [-0.4, -0.2) is 0 Å². The standard InChI is InChI=1S/C24H24/c1-9-13-21-17(5)18(6)23(15-11-3)24(16-12-4)20(8)19(7)22(21)14-10-2/h1-8H3/b18-17-,20-19-,21-17?,22-19?,22-21-,23-18?,24-20?,24-23-. The van der Waals surface area contributed by atoms with E-state index in [1.54, 1.807) is 0 Å². The molecule has 1 aliphatic carbocycles. The van der Waals surface area contributed by atoms with Crippen molar-refractivity contribution in [3.63, 3.8) is 0 Å². The summed E-state index contributed by atoms with van der Waals surface area (Å²) in [6, 6.07) is 0. The van der Waals surface area contributed by atoms with E-state index in [-0.39, 0.29) is 0 Å². The molecule has 1 aliphatic rings. The van der Waals surface area contributed by atoms with Crippen molar-refractivity contribution in [2.75, 3.05) is 0 Å². The summed E-state index contributed by atoms with van der Waals surface area (Å²) >= 11 is 0. The second-order valence-corrected chi connectivity index (χ2v) is 5.50. The minimum Gasteiger partial charge on any atom is -0.101 e. The molecule has 0 radical (unpaired) electrons.